The Balaban J connectivity index is 1.93. The van der Waals surface area contributed by atoms with E-state index in [0.717, 1.165) is 0 Å². The third-order valence-corrected chi connectivity index (χ3v) is 4.65. The molecule has 1 N–H and O–H groups in total. The third-order valence-electron chi connectivity index (χ3n) is 4.65. The first-order valence-electron chi connectivity index (χ1n) is 7.52. The van der Waals surface area contributed by atoms with Crippen molar-refractivity contribution in [2.24, 2.45) is 0 Å². The number of ether oxygens (including phenoxy) is 3. The fourth-order valence-electron chi connectivity index (χ4n) is 3.60. The summed E-state index contributed by atoms with van der Waals surface area (Å²) in [5, 5.41) is 10.3. The number of hydrogen-bond acceptors (Lipinski definition) is 7. The first-order valence-corrected chi connectivity index (χ1v) is 7.52. The molecule has 24 heavy (non-hydrogen) atoms. The van der Waals surface area contributed by atoms with E-state index in [1.54, 1.807) is 6.92 Å². The zero-order valence-electron chi connectivity index (χ0n) is 13.0. The molecule has 1 aromatic carbocycles. The van der Waals surface area contributed by atoms with Gasteiger partial charge in [0.05, 0.1) is 30.8 Å². The van der Waals surface area contributed by atoms with Crippen molar-refractivity contribution in [3.05, 3.63) is 34.4 Å². The molecule has 0 bridgehead atoms. The van der Waals surface area contributed by atoms with Crippen LogP contribution in [0.1, 0.15) is 34.1 Å². The zero-order chi connectivity index (χ0) is 17.2. The van der Waals surface area contributed by atoms with Crippen LogP contribution in [0.5, 0.6) is 11.5 Å². The smallest absolute Gasteiger partial charge is 0.309 e. The monoisotopic (exact) mass is 330 g/mol. The van der Waals surface area contributed by atoms with Gasteiger partial charge in [-0.15, -0.1) is 0 Å². The van der Waals surface area contributed by atoms with Crippen molar-refractivity contribution in [3.63, 3.8) is 0 Å². The average Bonchev–Trinajstić information content (AvgIpc) is 2.91. The molecule has 3 aliphatic rings. The van der Waals surface area contributed by atoms with E-state index < -0.39 is 35.8 Å². The molecule has 1 aliphatic carbocycles. The van der Waals surface area contributed by atoms with Gasteiger partial charge in [-0.3, -0.25) is 14.4 Å². The van der Waals surface area contributed by atoms with Gasteiger partial charge >= 0.3 is 5.97 Å². The third kappa shape index (κ3) is 1.78. The first kappa shape index (κ1) is 14.9. The number of carbonyl (C=O) groups is 3. The maximum Gasteiger partial charge on any atom is 0.309 e. The molecule has 1 aromatic rings. The number of fused-ring (bicyclic) bond motifs is 3. The van der Waals surface area contributed by atoms with Gasteiger partial charge in [0, 0.05) is 11.1 Å². The van der Waals surface area contributed by atoms with Crippen LogP contribution in [-0.2, 0) is 14.3 Å². The molecule has 7 nitrogen and oxygen atoms in total. The minimum atomic E-state index is -0.877. The highest BCUT2D eigenvalue weighted by atomic mass is 16.6. The van der Waals surface area contributed by atoms with E-state index in [0.29, 0.717) is 0 Å². The fraction of sp³-hybridized carbons (Fsp3) is 0.353. The second kappa shape index (κ2) is 4.91. The van der Waals surface area contributed by atoms with E-state index in [2.05, 4.69) is 0 Å². The molecule has 0 saturated carbocycles. The molecule has 2 aliphatic heterocycles. The van der Waals surface area contributed by atoms with E-state index in [1.165, 1.54) is 19.2 Å². The molecular formula is C17H14O7. The van der Waals surface area contributed by atoms with Crippen LogP contribution >= 0.6 is 0 Å². The van der Waals surface area contributed by atoms with Crippen LogP contribution in [0.2, 0.25) is 0 Å². The van der Waals surface area contributed by atoms with Gasteiger partial charge in [0.15, 0.2) is 29.2 Å². The minimum absolute atomic E-state index is 0.0496. The number of phenols is 1. The van der Waals surface area contributed by atoms with Crippen LogP contribution in [-0.4, -0.2) is 48.1 Å². The molecular weight excluding hydrogens is 316 g/mol. The van der Waals surface area contributed by atoms with Crippen molar-refractivity contribution in [1.82, 2.24) is 0 Å². The first-order chi connectivity index (χ1) is 11.4. The summed E-state index contributed by atoms with van der Waals surface area (Å²) in [6.07, 6.45) is -2.08. The van der Waals surface area contributed by atoms with E-state index in [9.17, 15) is 19.5 Å². The van der Waals surface area contributed by atoms with Crippen LogP contribution in [0.3, 0.4) is 0 Å². The Kier molecular flexibility index (Phi) is 3.05. The summed E-state index contributed by atoms with van der Waals surface area (Å²) < 4.78 is 15.9. The summed E-state index contributed by atoms with van der Waals surface area (Å²) >= 11 is 0. The molecule has 0 radical (unpaired) electrons. The van der Waals surface area contributed by atoms with Crippen LogP contribution < -0.4 is 4.74 Å². The standard InChI is InChI=1S/C17H14O7/c1-6-11-13(17-9(23-6)5-10(18)24-17)14(19)7-3-4-8(22-2)15(20)12(7)16(11)21/h3-4,6,9,17,20H,5H2,1-2H3/t6-,9+,17-/m1/s1. The number of methoxy groups -OCH3 is 1. The van der Waals surface area contributed by atoms with Crippen molar-refractivity contribution >= 4 is 17.5 Å². The van der Waals surface area contributed by atoms with Gasteiger partial charge < -0.3 is 19.3 Å². The van der Waals surface area contributed by atoms with Crippen LogP contribution in [0.25, 0.3) is 0 Å². The maximum atomic E-state index is 12.9. The van der Waals surface area contributed by atoms with Crippen molar-refractivity contribution in [2.45, 2.75) is 31.7 Å². The van der Waals surface area contributed by atoms with Crippen LogP contribution in [0.15, 0.2) is 23.3 Å². The van der Waals surface area contributed by atoms with E-state index in [1.807, 2.05) is 0 Å². The van der Waals surface area contributed by atoms with Crippen molar-refractivity contribution < 1.29 is 33.7 Å². The highest BCUT2D eigenvalue weighted by molar-refractivity contribution is 6.29. The molecule has 2 heterocycles. The Hall–Kier alpha value is -2.67. The van der Waals surface area contributed by atoms with Gasteiger partial charge in [-0.2, -0.15) is 0 Å². The Morgan fingerprint density at radius 2 is 1.92 bits per heavy atom. The molecule has 124 valence electrons. The van der Waals surface area contributed by atoms with E-state index in [4.69, 9.17) is 14.2 Å². The molecule has 1 fully saturated rings. The lowest BCUT2D eigenvalue weighted by atomic mass is 9.77. The number of carbonyl (C=O) groups excluding carboxylic acids is 3. The summed E-state index contributed by atoms with van der Waals surface area (Å²) in [4.78, 5) is 37.4. The van der Waals surface area contributed by atoms with E-state index >= 15 is 0 Å². The lowest BCUT2D eigenvalue weighted by Crippen LogP contribution is -2.44. The molecule has 3 atom stereocenters. The number of aromatic hydroxyl groups is 1. The summed E-state index contributed by atoms with van der Waals surface area (Å²) in [7, 11) is 1.36. The van der Waals surface area contributed by atoms with Crippen molar-refractivity contribution in [3.8, 4) is 11.5 Å². The predicted molar refractivity (Wildman–Crippen MR) is 79.2 cm³/mol. The van der Waals surface area contributed by atoms with Gasteiger partial charge in [0.25, 0.3) is 0 Å². The molecule has 0 aromatic heterocycles. The summed E-state index contributed by atoms with van der Waals surface area (Å²) in [5.74, 6) is -1.68. The number of ketones is 2. The minimum Gasteiger partial charge on any atom is -0.504 e. The molecule has 0 amide bonds. The quantitative estimate of drug-likeness (QED) is 0.772. The van der Waals surface area contributed by atoms with Gasteiger partial charge in [0.2, 0.25) is 0 Å². The number of esters is 1. The highest BCUT2D eigenvalue weighted by Crippen LogP contribution is 2.44. The molecule has 4 rings (SSSR count). The Labute approximate surface area is 136 Å². The molecule has 1 saturated heterocycles. The molecule has 7 heteroatoms. The van der Waals surface area contributed by atoms with Crippen molar-refractivity contribution in [1.29, 1.82) is 0 Å². The summed E-state index contributed by atoms with van der Waals surface area (Å²) in [6.45, 7) is 1.64. The summed E-state index contributed by atoms with van der Waals surface area (Å²) in [6, 6.07) is 2.86. The molecule has 0 unspecified atom stereocenters. The van der Waals surface area contributed by atoms with Gasteiger partial charge in [-0.1, -0.05) is 0 Å². The van der Waals surface area contributed by atoms with Crippen molar-refractivity contribution in [2.75, 3.05) is 7.11 Å². The van der Waals surface area contributed by atoms with E-state index in [-0.39, 0.29) is 40.2 Å². The fourth-order valence-corrected chi connectivity index (χ4v) is 3.60. The number of benzene rings is 1. The normalized spacial score (nSPS) is 28.2. The second-order valence-electron chi connectivity index (χ2n) is 5.96. The largest absolute Gasteiger partial charge is 0.504 e. The van der Waals surface area contributed by atoms with Crippen LogP contribution in [0, 0.1) is 0 Å². The van der Waals surface area contributed by atoms with Gasteiger partial charge in [0.1, 0.15) is 6.10 Å². The lowest BCUT2D eigenvalue weighted by Gasteiger charge is -2.35. The molecule has 0 spiro atoms. The lowest BCUT2D eigenvalue weighted by molar-refractivity contribution is -0.140. The zero-order valence-corrected chi connectivity index (χ0v) is 13.0. The SMILES string of the molecule is COc1ccc2c(c1O)C(=O)C1=C(C2=O)[C@@H]2OC(=O)C[C@@H]2O[C@@H]1C. The number of phenolic OH excluding ortho intramolecular Hbond substituents is 1. The Morgan fingerprint density at radius 1 is 1.17 bits per heavy atom. The van der Waals surface area contributed by atoms with Gasteiger partial charge in [-0.25, -0.2) is 0 Å². The second-order valence-corrected chi connectivity index (χ2v) is 5.96. The number of hydrogen-bond donors (Lipinski definition) is 1. The topological polar surface area (TPSA) is 99.1 Å². The van der Waals surface area contributed by atoms with Crippen LogP contribution in [0.4, 0.5) is 0 Å². The predicted octanol–water partition coefficient (Wildman–Crippen LogP) is 1.18. The Morgan fingerprint density at radius 3 is 2.62 bits per heavy atom. The average molecular weight is 330 g/mol. The van der Waals surface area contributed by atoms with Gasteiger partial charge in [-0.05, 0) is 19.1 Å². The number of Topliss-reactive ketones (excluding diaryl/α,β-unsaturated/α-hetero) is 2. The summed E-state index contributed by atoms with van der Waals surface area (Å²) in [5.41, 5.74) is 0.267. The number of rotatable bonds is 1. The Bertz CT molecular complexity index is 836. The highest BCUT2D eigenvalue weighted by Gasteiger charge is 2.51. The maximum absolute atomic E-state index is 12.9.